The van der Waals surface area contributed by atoms with Gasteiger partial charge in [0, 0.05) is 16.1 Å². The lowest BCUT2D eigenvalue weighted by Crippen LogP contribution is -2.35. The van der Waals surface area contributed by atoms with Gasteiger partial charge in [-0.05, 0) is 74.0 Å². The minimum Gasteiger partial charge on any atom is -0.491 e. The van der Waals surface area contributed by atoms with Crippen LogP contribution in [-0.4, -0.2) is 25.8 Å². The molecule has 2 heterocycles. The van der Waals surface area contributed by atoms with Gasteiger partial charge in [-0.15, -0.1) is 0 Å². The molecule has 9 heteroatoms. The molecule has 0 aliphatic carbocycles. The second-order valence-electron chi connectivity index (χ2n) is 8.32. The highest BCUT2D eigenvalue weighted by atomic mass is 35.5. The van der Waals surface area contributed by atoms with Crippen molar-refractivity contribution in [3.63, 3.8) is 0 Å². The molecule has 5 aromatic rings. The Morgan fingerprint density at radius 2 is 1.71 bits per heavy atom. The molecule has 0 saturated heterocycles. The smallest absolute Gasteiger partial charge is 0.329 e. The summed E-state index contributed by atoms with van der Waals surface area (Å²) in [5, 5.41) is 5.02. The van der Waals surface area contributed by atoms with E-state index >= 15 is 0 Å². The molecular formula is C26H21ClN4O4. The molecule has 0 aliphatic rings. The fraction of sp³-hybridized carbons (Fsp3) is 0.154. The summed E-state index contributed by atoms with van der Waals surface area (Å²) in [4.78, 5) is 32.9. The molecule has 0 spiro atoms. The van der Waals surface area contributed by atoms with E-state index in [1.807, 2.05) is 38.1 Å². The maximum absolute atomic E-state index is 13.0. The third-order valence-corrected chi connectivity index (χ3v) is 5.65. The van der Waals surface area contributed by atoms with Crippen LogP contribution in [0.3, 0.4) is 0 Å². The van der Waals surface area contributed by atoms with Gasteiger partial charge in [-0.1, -0.05) is 28.9 Å². The molecule has 0 saturated carbocycles. The molecule has 0 unspecified atom stereocenters. The van der Waals surface area contributed by atoms with E-state index in [1.165, 1.54) is 0 Å². The number of aromatic nitrogens is 4. The van der Waals surface area contributed by atoms with Crippen LogP contribution in [0.4, 0.5) is 0 Å². The summed E-state index contributed by atoms with van der Waals surface area (Å²) in [5.74, 6) is 1.45. The molecule has 5 rings (SSSR count). The maximum Gasteiger partial charge on any atom is 0.329 e. The number of nitrogens with one attached hydrogen (secondary N) is 1. The number of hydrogen-bond acceptors (Lipinski definition) is 6. The molecule has 3 aromatic carbocycles. The zero-order valence-corrected chi connectivity index (χ0v) is 19.7. The number of H-pyrrole nitrogens is 1. The van der Waals surface area contributed by atoms with Gasteiger partial charge < -0.3 is 14.2 Å². The molecule has 35 heavy (non-hydrogen) atoms. The van der Waals surface area contributed by atoms with Crippen LogP contribution in [0.5, 0.6) is 5.75 Å². The highest BCUT2D eigenvalue weighted by Crippen LogP contribution is 2.25. The van der Waals surface area contributed by atoms with E-state index in [-0.39, 0.29) is 24.1 Å². The van der Waals surface area contributed by atoms with Crippen molar-refractivity contribution < 1.29 is 9.26 Å². The van der Waals surface area contributed by atoms with Gasteiger partial charge >= 0.3 is 5.69 Å². The van der Waals surface area contributed by atoms with Crippen LogP contribution in [0.2, 0.25) is 5.02 Å². The fourth-order valence-corrected chi connectivity index (χ4v) is 3.84. The lowest BCUT2D eigenvalue weighted by molar-refractivity contribution is 0.242. The highest BCUT2D eigenvalue weighted by Gasteiger charge is 2.14. The van der Waals surface area contributed by atoms with Crippen molar-refractivity contribution in [3.05, 3.63) is 98.2 Å². The van der Waals surface area contributed by atoms with Gasteiger partial charge in [-0.2, -0.15) is 4.98 Å². The number of rotatable bonds is 6. The first kappa shape index (κ1) is 22.6. The van der Waals surface area contributed by atoms with Crippen LogP contribution >= 0.6 is 11.6 Å². The highest BCUT2D eigenvalue weighted by molar-refractivity contribution is 6.30. The predicted molar refractivity (Wildman–Crippen MR) is 134 cm³/mol. The second kappa shape index (κ2) is 9.23. The first-order valence-electron chi connectivity index (χ1n) is 11.0. The van der Waals surface area contributed by atoms with Crippen molar-refractivity contribution in [1.29, 1.82) is 0 Å². The number of aromatic amines is 1. The van der Waals surface area contributed by atoms with Gasteiger partial charge in [-0.25, -0.2) is 4.79 Å². The van der Waals surface area contributed by atoms with E-state index in [2.05, 4.69) is 15.1 Å². The van der Waals surface area contributed by atoms with Crippen LogP contribution in [-0.2, 0) is 6.54 Å². The van der Waals surface area contributed by atoms with Crippen LogP contribution in [0, 0.1) is 0 Å². The number of hydrogen-bond donors (Lipinski definition) is 1. The number of benzene rings is 3. The Balaban J connectivity index is 1.44. The Morgan fingerprint density at radius 3 is 2.43 bits per heavy atom. The first-order valence-corrected chi connectivity index (χ1v) is 11.4. The molecule has 0 bridgehead atoms. The SMILES string of the molecule is CC(C)Oc1ccc(-c2noc(-c3ccc4c(=O)n(Cc5ccc(Cl)cc5)c(=O)[nH]c4c3)n2)cc1. The van der Waals surface area contributed by atoms with Crippen LogP contribution in [0.1, 0.15) is 19.4 Å². The van der Waals surface area contributed by atoms with Gasteiger partial charge in [0.2, 0.25) is 5.82 Å². The predicted octanol–water partition coefficient (Wildman–Crippen LogP) is 4.90. The molecular weight excluding hydrogens is 468 g/mol. The van der Waals surface area contributed by atoms with Gasteiger partial charge in [0.25, 0.3) is 11.4 Å². The Kier molecular flexibility index (Phi) is 5.96. The van der Waals surface area contributed by atoms with Crippen molar-refractivity contribution in [3.8, 4) is 28.6 Å². The average molecular weight is 489 g/mol. The van der Waals surface area contributed by atoms with Crippen molar-refractivity contribution in [2.45, 2.75) is 26.5 Å². The molecule has 1 N–H and O–H groups in total. The first-order chi connectivity index (χ1) is 16.9. The number of nitrogens with zero attached hydrogens (tertiary/aromatic N) is 3. The van der Waals surface area contributed by atoms with Crippen molar-refractivity contribution in [1.82, 2.24) is 19.7 Å². The third kappa shape index (κ3) is 4.74. The van der Waals surface area contributed by atoms with E-state index < -0.39 is 5.69 Å². The van der Waals surface area contributed by atoms with Crippen molar-refractivity contribution in [2.24, 2.45) is 0 Å². The summed E-state index contributed by atoms with van der Waals surface area (Å²) in [5.41, 5.74) is 1.64. The number of fused-ring (bicyclic) bond motifs is 1. The summed E-state index contributed by atoms with van der Waals surface area (Å²) in [6.07, 6.45) is 0.0820. The van der Waals surface area contributed by atoms with Crippen LogP contribution < -0.4 is 16.0 Å². The third-order valence-electron chi connectivity index (χ3n) is 5.39. The van der Waals surface area contributed by atoms with Crippen LogP contribution in [0.15, 0.2) is 80.8 Å². The molecule has 0 aliphatic heterocycles. The van der Waals surface area contributed by atoms with E-state index in [4.69, 9.17) is 20.9 Å². The lowest BCUT2D eigenvalue weighted by Gasteiger charge is -2.09. The van der Waals surface area contributed by atoms with Gasteiger partial charge in [0.1, 0.15) is 5.75 Å². The monoisotopic (exact) mass is 488 g/mol. The zero-order chi connectivity index (χ0) is 24.5. The summed E-state index contributed by atoms with van der Waals surface area (Å²) >= 11 is 5.92. The maximum atomic E-state index is 13.0. The summed E-state index contributed by atoms with van der Waals surface area (Å²) < 4.78 is 12.3. The lowest BCUT2D eigenvalue weighted by atomic mass is 10.1. The minimum atomic E-state index is -0.510. The molecule has 0 amide bonds. The summed E-state index contributed by atoms with van der Waals surface area (Å²) in [6, 6.07) is 19.4. The van der Waals surface area contributed by atoms with E-state index in [1.54, 1.807) is 42.5 Å². The second-order valence-corrected chi connectivity index (χ2v) is 8.76. The Bertz CT molecular complexity index is 1620. The van der Waals surface area contributed by atoms with E-state index in [0.29, 0.717) is 27.3 Å². The topological polar surface area (TPSA) is 103 Å². The standard InChI is InChI=1S/C26H21ClN4O4/c1-15(2)34-20-10-5-17(6-11-20)23-29-24(35-30-23)18-7-12-21-22(13-18)28-26(33)31(25(21)32)14-16-3-8-19(27)9-4-16/h3-13,15H,14H2,1-2H3,(H,28,33). The molecule has 0 radical (unpaired) electrons. The minimum absolute atomic E-state index is 0.0820. The van der Waals surface area contributed by atoms with Gasteiger partial charge in [0.15, 0.2) is 0 Å². The van der Waals surface area contributed by atoms with Crippen LogP contribution in [0.25, 0.3) is 33.7 Å². The number of ether oxygens (including phenoxy) is 1. The zero-order valence-electron chi connectivity index (χ0n) is 19.0. The van der Waals surface area contributed by atoms with Crippen molar-refractivity contribution >= 4 is 22.5 Å². The summed E-state index contributed by atoms with van der Waals surface area (Å²) in [7, 11) is 0. The Morgan fingerprint density at radius 1 is 1.00 bits per heavy atom. The number of halogens is 1. The molecule has 0 fully saturated rings. The van der Waals surface area contributed by atoms with Crippen molar-refractivity contribution in [2.75, 3.05) is 0 Å². The molecule has 0 atom stereocenters. The van der Waals surface area contributed by atoms with E-state index in [9.17, 15) is 9.59 Å². The molecule has 8 nitrogen and oxygen atoms in total. The van der Waals surface area contributed by atoms with Gasteiger partial charge in [-0.3, -0.25) is 9.36 Å². The Labute approximate surface area is 204 Å². The summed E-state index contributed by atoms with van der Waals surface area (Å²) in [6.45, 7) is 4.06. The average Bonchev–Trinajstić information content (AvgIpc) is 3.33. The molecule has 176 valence electrons. The van der Waals surface area contributed by atoms with E-state index in [0.717, 1.165) is 21.4 Å². The largest absolute Gasteiger partial charge is 0.491 e. The van der Waals surface area contributed by atoms with Gasteiger partial charge in [0.05, 0.1) is 23.6 Å². The normalized spacial score (nSPS) is 11.3. The molecule has 2 aromatic heterocycles. The quantitative estimate of drug-likeness (QED) is 0.365. The Hall–Kier alpha value is -4.17. The fourth-order valence-electron chi connectivity index (χ4n) is 3.72.